The Morgan fingerprint density at radius 1 is 0.864 bits per heavy atom. The Morgan fingerprint density at radius 3 is 2.14 bits per heavy atom. The van der Waals surface area contributed by atoms with E-state index in [0.717, 1.165) is 21.9 Å². The van der Waals surface area contributed by atoms with E-state index in [0.29, 0.717) is 23.0 Å². The summed E-state index contributed by atoms with van der Waals surface area (Å²) in [6.07, 6.45) is 0.954. The number of methoxy groups -OCH3 is 1. The minimum absolute atomic E-state index is 0.0144. The number of amides is 2. The van der Waals surface area contributed by atoms with Crippen LogP contribution in [0, 0.1) is 0 Å². The lowest BCUT2D eigenvalue weighted by Gasteiger charge is -2.34. The summed E-state index contributed by atoms with van der Waals surface area (Å²) in [6, 6.07) is 30.0. The van der Waals surface area contributed by atoms with Crippen LogP contribution in [-0.4, -0.2) is 51.4 Å². The fourth-order valence-corrected chi connectivity index (χ4v) is 6.28. The number of para-hydroxylation sites is 1. The Morgan fingerprint density at radius 2 is 1.50 bits per heavy atom. The van der Waals surface area contributed by atoms with Gasteiger partial charge < -0.3 is 15.0 Å². The predicted molar refractivity (Wildman–Crippen MR) is 173 cm³/mol. The van der Waals surface area contributed by atoms with Crippen LogP contribution in [0.1, 0.15) is 24.5 Å². The van der Waals surface area contributed by atoms with Gasteiger partial charge in [0.15, 0.2) is 0 Å². The van der Waals surface area contributed by atoms with Gasteiger partial charge in [-0.2, -0.15) is 0 Å². The number of benzene rings is 4. The number of nitrogens with zero attached hydrogens (tertiary/aromatic N) is 2. The normalized spacial score (nSPS) is 11.8. The fraction of sp³-hybridized carbons (Fsp3) is 0.235. The second-order valence-corrected chi connectivity index (χ2v) is 12.5. The van der Waals surface area contributed by atoms with Crippen molar-refractivity contribution in [3.63, 3.8) is 0 Å². The van der Waals surface area contributed by atoms with Crippen LogP contribution in [0.3, 0.4) is 0 Å². The number of nitrogens with one attached hydrogen (secondary N) is 1. The lowest BCUT2D eigenvalue weighted by molar-refractivity contribution is -0.140. The van der Waals surface area contributed by atoms with Gasteiger partial charge in [0.2, 0.25) is 11.8 Å². The van der Waals surface area contributed by atoms with Gasteiger partial charge in [-0.15, -0.1) is 0 Å². The van der Waals surface area contributed by atoms with Crippen molar-refractivity contribution in [1.82, 2.24) is 10.2 Å². The number of hydrogen-bond acceptors (Lipinski definition) is 5. The maximum absolute atomic E-state index is 14.4. The standard InChI is InChI=1S/C34H36ClN3O5S/c1-3-21-36-34(40)32(23-26-11-6-4-7-12-26)37(24-27-13-10-16-30(22-27)43-2)33(39)25-38(29-14-8-5-9-15-29)44(41,42)31-19-17-28(35)18-20-31/h4-20,22,32H,3,21,23-25H2,1-2H3,(H,36,40)/t32-/m1/s1. The molecule has 0 saturated carbocycles. The van der Waals surface area contributed by atoms with Crippen molar-refractivity contribution < 1.29 is 22.7 Å². The molecule has 1 N–H and O–H groups in total. The highest BCUT2D eigenvalue weighted by molar-refractivity contribution is 7.92. The lowest BCUT2D eigenvalue weighted by Crippen LogP contribution is -2.53. The average Bonchev–Trinajstić information content (AvgIpc) is 3.05. The van der Waals surface area contributed by atoms with Crippen LogP contribution >= 0.6 is 11.6 Å². The van der Waals surface area contributed by atoms with Gasteiger partial charge in [0.1, 0.15) is 18.3 Å². The molecule has 4 aromatic rings. The Kier molecular flexibility index (Phi) is 11.4. The van der Waals surface area contributed by atoms with E-state index in [4.69, 9.17) is 16.3 Å². The van der Waals surface area contributed by atoms with E-state index in [1.54, 1.807) is 55.6 Å². The molecule has 0 bridgehead atoms. The lowest BCUT2D eigenvalue weighted by atomic mass is 10.0. The number of hydrogen-bond donors (Lipinski definition) is 1. The maximum atomic E-state index is 14.4. The van der Waals surface area contributed by atoms with E-state index in [1.807, 2.05) is 43.3 Å². The van der Waals surface area contributed by atoms with Crippen LogP contribution in [0.2, 0.25) is 5.02 Å². The second-order valence-electron chi connectivity index (χ2n) is 10.2. The zero-order valence-corrected chi connectivity index (χ0v) is 26.3. The van der Waals surface area contributed by atoms with E-state index in [2.05, 4.69) is 5.32 Å². The summed E-state index contributed by atoms with van der Waals surface area (Å²) < 4.78 is 34.5. The van der Waals surface area contributed by atoms with Crippen LogP contribution in [0.4, 0.5) is 5.69 Å². The van der Waals surface area contributed by atoms with Crippen LogP contribution in [0.15, 0.2) is 114 Å². The van der Waals surface area contributed by atoms with Crippen LogP contribution < -0.4 is 14.4 Å². The Balaban J connectivity index is 1.78. The smallest absolute Gasteiger partial charge is 0.264 e. The van der Waals surface area contributed by atoms with Crippen LogP contribution in [0.25, 0.3) is 0 Å². The molecule has 0 aliphatic rings. The Labute approximate surface area is 264 Å². The fourth-order valence-electron chi connectivity index (χ4n) is 4.74. The Hall–Kier alpha value is -4.34. The zero-order valence-electron chi connectivity index (χ0n) is 24.7. The number of carbonyl (C=O) groups is 2. The zero-order chi connectivity index (χ0) is 31.5. The molecule has 0 radical (unpaired) electrons. The molecule has 1 atom stereocenters. The molecular formula is C34H36ClN3O5S. The molecule has 4 aromatic carbocycles. The van der Waals surface area contributed by atoms with Gasteiger partial charge in [-0.1, -0.05) is 79.2 Å². The summed E-state index contributed by atoms with van der Waals surface area (Å²) in [6.45, 7) is 1.90. The molecule has 0 fully saturated rings. The van der Waals surface area contributed by atoms with E-state index < -0.39 is 28.5 Å². The Bertz CT molecular complexity index is 1630. The summed E-state index contributed by atoms with van der Waals surface area (Å²) in [7, 11) is -2.64. The van der Waals surface area contributed by atoms with Gasteiger partial charge in [0.05, 0.1) is 17.7 Å². The minimum atomic E-state index is -4.20. The molecule has 0 aliphatic carbocycles. The summed E-state index contributed by atoms with van der Waals surface area (Å²) in [5.41, 5.74) is 1.90. The minimum Gasteiger partial charge on any atom is -0.497 e. The number of halogens is 1. The van der Waals surface area contributed by atoms with Crippen molar-refractivity contribution in [2.45, 2.75) is 37.2 Å². The summed E-state index contributed by atoms with van der Waals surface area (Å²) in [5, 5.41) is 3.33. The molecule has 0 spiro atoms. The van der Waals surface area contributed by atoms with Gasteiger partial charge in [-0.05, 0) is 66.1 Å². The first kappa shape index (κ1) is 32.6. The largest absolute Gasteiger partial charge is 0.497 e. The first-order valence-electron chi connectivity index (χ1n) is 14.3. The van der Waals surface area contributed by atoms with Crippen molar-refractivity contribution >= 4 is 39.1 Å². The summed E-state index contributed by atoms with van der Waals surface area (Å²) >= 11 is 6.03. The highest BCUT2D eigenvalue weighted by atomic mass is 35.5. The molecule has 0 aromatic heterocycles. The first-order chi connectivity index (χ1) is 21.2. The van der Waals surface area contributed by atoms with Gasteiger partial charge in [-0.3, -0.25) is 13.9 Å². The van der Waals surface area contributed by atoms with Crippen molar-refractivity contribution in [3.05, 3.63) is 125 Å². The first-order valence-corrected chi connectivity index (χ1v) is 16.1. The second kappa shape index (κ2) is 15.4. The highest BCUT2D eigenvalue weighted by Gasteiger charge is 2.34. The summed E-state index contributed by atoms with van der Waals surface area (Å²) in [5.74, 6) is -0.262. The third-order valence-electron chi connectivity index (χ3n) is 7.03. The molecule has 0 aliphatic heterocycles. The molecular weight excluding hydrogens is 598 g/mol. The highest BCUT2D eigenvalue weighted by Crippen LogP contribution is 2.26. The number of sulfonamides is 1. The van der Waals surface area contributed by atoms with E-state index in [9.17, 15) is 18.0 Å². The van der Waals surface area contributed by atoms with E-state index in [-0.39, 0.29) is 23.8 Å². The molecule has 10 heteroatoms. The number of anilines is 1. The van der Waals surface area contributed by atoms with E-state index in [1.165, 1.54) is 29.2 Å². The third kappa shape index (κ3) is 8.39. The van der Waals surface area contributed by atoms with Crippen LogP contribution in [-0.2, 0) is 32.6 Å². The predicted octanol–water partition coefficient (Wildman–Crippen LogP) is 5.71. The maximum Gasteiger partial charge on any atom is 0.264 e. The van der Waals surface area contributed by atoms with Gasteiger partial charge >= 0.3 is 0 Å². The molecule has 230 valence electrons. The van der Waals surface area contributed by atoms with Crippen molar-refractivity contribution in [3.8, 4) is 5.75 Å². The van der Waals surface area contributed by atoms with Crippen molar-refractivity contribution in [1.29, 1.82) is 0 Å². The number of ether oxygens (including phenoxy) is 1. The SMILES string of the molecule is CCCNC(=O)[C@@H](Cc1ccccc1)N(Cc1cccc(OC)c1)C(=O)CN(c1ccccc1)S(=O)(=O)c1ccc(Cl)cc1. The molecule has 0 saturated heterocycles. The monoisotopic (exact) mass is 633 g/mol. The number of carbonyl (C=O) groups excluding carboxylic acids is 2. The van der Waals surface area contributed by atoms with Crippen LogP contribution in [0.5, 0.6) is 5.75 Å². The molecule has 8 nitrogen and oxygen atoms in total. The molecule has 4 rings (SSSR count). The van der Waals surface area contributed by atoms with Crippen molar-refractivity contribution in [2.24, 2.45) is 0 Å². The average molecular weight is 634 g/mol. The molecule has 2 amide bonds. The quantitative estimate of drug-likeness (QED) is 0.192. The van der Waals surface area contributed by atoms with E-state index >= 15 is 0 Å². The van der Waals surface area contributed by atoms with Gasteiger partial charge in [0.25, 0.3) is 10.0 Å². The van der Waals surface area contributed by atoms with Gasteiger partial charge in [-0.25, -0.2) is 8.42 Å². The van der Waals surface area contributed by atoms with Gasteiger partial charge in [0, 0.05) is 24.5 Å². The molecule has 0 unspecified atom stereocenters. The van der Waals surface area contributed by atoms with Crippen molar-refractivity contribution in [2.75, 3.05) is 24.5 Å². The topological polar surface area (TPSA) is 96.0 Å². The number of rotatable bonds is 14. The summed E-state index contributed by atoms with van der Waals surface area (Å²) in [4.78, 5) is 29.6. The molecule has 0 heterocycles. The third-order valence-corrected chi connectivity index (χ3v) is 9.07. The molecule has 44 heavy (non-hydrogen) atoms.